The second-order valence-electron chi connectivity index (χ2n) is 5.47. The van der Waals surface area contributed by atoms with Gasteiger partial charge in [-0.25, -0.2) is 0 Å². The van der Waals surface area contributed by atoms with Crippen LogP contribution in [0.25, 0.3) is 6.08 Å². The summed E-state index contributed by atoms with van der Waals surface area (Å²) in [6.45, 7) is 0. The first-order valence-electron chi connectivity index (χ1n) is 7.36. The maximum atomic E-state index is 12.3. The number of hydrogen-bond acceptors (Lipinski definition) is 2. The zero-order valence-electron chi connectivity index (χ0n) is 12.1. The van der Waals surface area contributed by atoms with Crippen LogP contribution in [0.2, 0.25) is 5.02 Å². The largest absolute Gasteiger partial charge is 0.325 e. The highest BCUT2D eigenvalue weighted by atomic mass is 35.5. The summed E-state index contributed by atoms with van der Waals surface area (Å²) >= 11 is 5.82. The summed E-state index contributed by atoms with van der Waals surface area (Å²) in [7, 11) is 0. The number of allylic oxidation sites excluding steroid dienone is 1. The van der Waals surface area contributed by atoms with E-state index in [0.29, 0.717) is 5.02 Å². The molecular weight excluding hydrogens is 298 g/mol. The maximum absolute atomic E-state index is 12.3. The lowest BCUT2D eigenvalue weighted by atomic mass is 9.94. The number of H-pyrrole nitrogens is 1. The Morgan fingerprint density at radius 3 is 2.64 bits per heavy atom. The number of carbonyl (C=O) groups is 1. The van der Waals surface area contributed by atoms with E-state index in [2.05, 4.69) is 4.98 Å². The van der Waals surface area contributed by atoms with Crippen molar-refractivity contribution in [2.75, 3.05) is 0 Å². The quantitative estimate of drug-likeness (QED) is 0.692. The molecule has 22 heavy (non-hydrogen) atoms. The molecule has 3 nitrogen and oxygen atoms in total. The van der Waals surface area contributed by atoms with Crippen molar-refractivity contribution in [1.29, 1.82) is 0 Å². The number of fused-ring (bicyclic) bond motifs is 1. The van der Waals surface area contributed by atoms with Crippen molar-refractivity contribution in [1.82, 2.24) is 4.98 Å². The van der Waals surface area contributed by atoms with E-state index in [4.69, 9.17) is 11.6 Å². The molecule has 1 N–H and O–H groups in total. The minimum Gasteiger partial charge on any atom is -0.325 e. The SMILES string of the molecule is O=C(C=Cc1ccc(Cl)cc1)c1cc2c([nH]c1=O)CCCC2. The number of ketones is 1. The molecule has 2 aromatic rings. The molecule has 0 aliphatic heterocycles. The van der Waals surface area contributed by atoms with Crippen LogP contribution in [0.4, 0.5) is 0 Å². The average Bonchev–Trinajstić information content (AvgIpc) is 2.53. The van der Waals surface area contributed by atoms with Gasteiger partial charge in [0.05, 0.1) is 5.56 Å². The average molecular weight is 314 g/mol. The third-order valence-corrected chi connectivity index (χ3v) is 4.15. The number of halogens is 1. The number of aromatic nitrogens is 1. The Morgan fingerprint density at radius 2 is 1.86 bits per heavy atom. The third kappa shape index (κ3) is 3.20. The summed E-state index contributed by atoms with van der Waals surface area (Å²) in [6.07, 6.45) is 7.13. The van der Waals surface area contributed by atoms with Crippen LogP contribution in [0.3, 0.4) is 0 Å². The molecule has 0 amide bonds. The lowest BCUT2D eigenvalue weighted by Crippen LogP contribution is -2.21. The van der Waals surface area contributed by atoms with Gasteiger partial charge in [-0.05, 0) is 61.1 Å². The van der Waals surface area contributed by atoms with Gasteiger partial charge in [0.1, 0.15) is 0 Å². The number of hydrogen-bond donors (Lipinski definition) is 1. The van der Waals surface area contributed by atoms with Crippen molar-refractivity contribution in [3.8, 4) is 0 Å². The van der Waals surface area contributed by atoms with E-state index in [1.54, 1.807) is 24.3 Å². The van der Waals surface area contributed by atoms with Gasteiger partial charge >= 0.3 is 0 Å². The van der Waals surface area contributed by atoms with E-state index in [-0.39, 0.29) is 16.9 Å². The molecule has 4 heteroatoms. The smallest absolute Gasteiger partial charge is 0.259 e. The lowest BCUT2D eigenvalue weighted by molar-refractivity contribution is 0.104. The van der Waals surface area contributed by atoms with E-state index in [9.17, 15) is 9.59 Å². The summed E-state index contributed by atoms with van der Waals surface area (Å²) in [5.74, 6) is -0.274. The molecule has 1 aliphatic carbocycles. The first-order chi connectivity index (χ1) is 10.6. The Bertz CT molecular complexity index is 788. The Balaban J connectivity index is 1.86. The highest BCUT2D eigenvalue weighted by molar-refractivity contribution is 6.30. The minimum atomic E-state index is -0.300. The normalized spacial score (nSPS) is 14.0. The molecule has 1 aromatic heterocycles. The van der Waals surface area contributed by atoms with Gasteiger partial charge in [0, 0.05) is 10.7 Å². The molecule has 0 saturated heterocycles. The molecular formula is C18H16ClNO2. The Hall–Kier alpha value is -2.13. The lowest BCUT2D eigenvalue weighted by Gasteiger charge is -2.15. The number of nitrogens with one attached hydrogen (secondary N) is 1. The van der Waals surface area contributed by atoms with Gasteiger partial charge in [0.25, 0.3) is 5.56 Å². The molecule has 0 unspecified atom stereocenters. The van der Waals surface area contributed by atoms with Crippen molar-refractivity contribution < 1.29 is 4.79 Å². The molecule has 0 fully saturated rings. The first-order valence-corrected chi connectivity index (χ1v) is 7.74. The zero-order valence-corrected chi connectivity index (χ0v) is 12.8. The van der Waals surface area contributed by atoms with Gasteiger partial charge in [-0.1, -0.05) is 29.8 Å². The molecule has 0 bridgehead atoms. The fraction of sp³-hybridized carbons (Fsp3) is 0.222. The summed E-state index contributed by atoms with van der Waals surface area (Å²) in [4.78, 5) is 27.2. The van der Waals surface area contributed by atoms with Gasteiger partial charge in [0.2, 0.25) is 0 Å². The van der Waals surface area contributed by atoms with Gasteiger partial charge in [-0.3, -0.25) is 9.59 Å². The van der Waals surface area contributed by atoms with Gasteiger partial charge < -0.3 is 4.98 Å². The van der Waals surface area contributed by atoms with Gasteiger partial charge in [-0.2, -0.15) is 0 Å². The molecule has 3 rings (SSSR count). The summed E-state index contributed by atoms with van der Waals surface area (Å²) in [5.41, 5.74) is 2.85. The Kier molecular flexibility index (Phi) is 4.25. The van der Waals surface area contributed by atoms with Crippen LogP contribution in [0, 0.1) is 0 Å². The number of rotatable bonds is 3. The van der Waals surface area contributed by atoms with E-state index in [1.807, 2.05) is 12.1 Å². The van der Waals surface area contributed by atoms with E-state index in [1.165, 1.54) is 6.08 Å². The second-order valence-corrected chi connectivity index (χ2v) is 5.91. The van der Waals surface area contributed by atoms with E-state index < -0.39 is 0 Å². The fourth-order valence-corrected chi connectivity index (χ4v) is 2.82. The predicted molar refractivity (Wildman–Crippen MR) is 88.5 cm³/mol. The van der Waals surface area contributed by atoms with E-state index in [0.717, 1.165) is 42.5 Å². The number of aromatic amines is 1. The van der Waals surface area contributed by atoms with Crippen molar-refractivity contribution in [3.05, 3.63) is 74.2 Å². The van der Waals surface area contributed by atoms with Crippen molar-refractivity contribution in [2.24, 2.45) is 0 Å². The van der Waals surface area contributed by atoms with Crippen LogP contribution in [0.5, 0.6) is 0 Å². The molecule has 0 atom stereocenters. The molecule has 112 valence electrons. The maximum Gasteiger partial charge on any atom is 0.259 e. The van der Waals surface area contributed by atoms with Crippen LogP contribution in [0.15, 0.2) is 41.2 Å². The number of pyridine rings is 1. The van der Waals surface area contributed by atoms with Gasteiger partial charge in [0.15, 0.2) is 5.78 Å². The summed E-state index contributed by atoms with van der Waals surface area (Å²) < 4.78 is 0. The first kappa shape index (κ1) is 14.8. The highest BCUT2D eigenvalue weighted by Gasteiger charge is 2.15. The standard InChI is InChI=1S/C18H16ClNO2/c19-14-8-5-12(6-9-14)7-10-17(21)15-11-13-3-1-2-4-16(13)20-18(15)22/h5-11H,1-4H2,(H,20,22). The van der Waals surface area contributed by atoms with Crippen LogP contribution >= 0.6 is 11.6 Å². The van der Waals surface area contributed by atoms with Crippen LogP contribution < -0.4 is 5.56 Å². The molecule has 1 heterocycles. The topological polar surface area (TPSA) is 49.9 Å². The monoisotopic (exact) mass is 313 g/mol. The molecule has 0 radical (unpaired) electrons. The molecule has 0 spiro atoms. The highest BCUT2D eigenvalue weighted by Crippen LogP contribution is 2.19. The summed E-state index contributed by atoms with van der Waals surface area (Å²) in [6, 6.07) is 8.92. The van der Waals surface area contributed by atoms with Crippen LogP contribution in [-0.2, 0) is 12.8 Å². The third-order valence-electron chi connectivity index (χ3n) is 3.90. The van der Waals surface area contributed by atoms with Crippen molar-refractivity contribution >= 4 is 23.5 Å². The molecule has 0 saturated carbocycles. The summed E-state index contributed by atoms with van der Waals surface area (Å²) in [5, 5.41) is 0.648. The number of aryl methyl sites for hydroxylation is 2. The number of carbonyl (C=O) groups excluding carboxylic acids is 1. The molecule has 1 aromatic carbocycles. The van der Waals surface area contributed by atoms with E-state index >= 15 is 0 Å². The zero-order chi connectivity index (χ0) is 15.5. The predicted octanol–water partition coefficient (Wildman–Crippen LogP) is 3.80. The van der Waals surface area contributed by atoms with Gasteiger partial charge in [-0.15, -0.1) is 0 Å². The Morgan fingerprint density at radius 1 is 1.14 bits per heavy atom. The second kappa shape index (κ2) is 6.32. The Labute approximate surface area is 133 Å². The van der Waals surface area contributed by atoms with Crippen molar-refractivity contribution in [2.45, 2.75) is 25.7 Å². The minimum absolute atomic E-state index is 0.214. The van der Waals surface area contributed by atoms with Crippen LogP contribution in [-0.4, -0.2) is 10.8 Å². The fourth-order valence-electron chi connectivity index (χ4n) is 2.69. The van der Waals surface area contributed by atoms with Crippen molar-refractivity contribution in [3.63, 3.8) is 0 Å². The van der Waals surface area contributed by atoms with Crippen LogP contribution in [0.1, 0.15) is 40.0 Å². The molecule has 1 aliphatic rings. The number of benzene rings is 1.